The summed E-state index contributed by atoms with van der Waals surface area (Å²) in [6, 6.07) is 8.68. The van der Waals surface area contributed by atoms with E-state index in [4.69, 9.17) is 5.73 Å². The summed E-state index contributed by atoms with van der Waals surface area (Å²) in [5, 5.41) is 6.86. The first-order chi connectivity index (χ1) is 8.25. The van der Waals surface area contributed by atoms with Gasteiger partial charge in [-0.1, -0.05) is 0 Å². The van der Waals surface area contributed by atoms with Gasteiger partial charge in [0.25, 0.3) is 5.91 Å². The van der Waals surface area contributed by atoms with Gasteiger partial charge in [0.05, 0.1) is 6.54 Å². The van der Waals surface area contributed by atoms with Crippen molar-refractivity contribution in [1.82, 2.24) is 15.1 Å². The van der Waals surface area contributed by atoms with Gasteiger partial charge in [-0.15, -0.1) is 0 Å². The third-order valence-electron chi connectivity index (χ3n) is 2.36. The molecule has 1 aromatic carbocycles. The van der Waals surface area contributed by atoms with E-state index in [0.717, 1.165) is 0 Å². The maximum absolute atomic E-state index is 11.7. The summed E-state index contributed by atoms with van der Waals surface area (Å²) in [6.07, 6.45) is 3.57. The zero-order valence-electron chi connectivity index (χ0n) is 9.34. The number of carbonyl (C=O) groups excluding carboxylic acids is 1. The number of amides is 1. The Morgan fingerprint density at radius 3 is 2.76 bits per heavy atom. The van der Waals surface area contributed by atoms with Crippen molar-refractivity contribution >= 4 is 11.6 Å². The number of nitrogens with one attached hydrogen (secondary N) is 1. The predicted octanol–water partition coefficient (Wildman–Crippen LogP) is 0.895. The molecule has 0 aliphatic rings. The van der Waals surface area contributed by atoms with Gasteiger partial charge in [0, 0.05) is 30.2 Å². The topological polar surface area (TPSA) is 72.9 Å². The maximum Gasteiger partial charge on any atom is 0.251 e. The normalized spacial score (nSPS) is 10.1. The van der Waals surface area contributed by atoms with Crippen LogP contribution in [0.4, 0.5) is 5.69 Å². The van der Waals surface area contributed by atoms with Gasteiger partial charge in [-0.05, 0) is 30.3 Å². The number of nitrogens with two attached hydrogens (primary N) is 1. The van der Waals surface area contributed by atoms with Crippen molar-refractivity contribution in [2.24, 2.45) is 0 Å². The lowest BCUT2D eigenvalue weighted by Gasteiger charge is -2.05. The van der Waals surface area contributed by atoms with Gasteiger partial charge >= 0.3 is 0 Å². The van der Waals surface area contributed by atoms with Crippen molar-refractivity contribution in [2.75, 3.05) is 12.3 Å². The fourth-order valence-corrected chi connectivity index (χ4v) is 1.45. The molecule has 0 saturated heterocycles. The van der Waals surface area contributed by atoms with E-state index in [1.807, 2.05) is 12.3 Å². The van der Waals surface area contributed by atoms with E-state index < -0.39 is 0 Å². The average Bonchev–Trinajstić information content (AvgIpc) is 2.83. The molecule has 0 spiro atoms. The number of carbonyl (C=O) groups is 1. The van der Waals surface area contributed by atoms with Gasteiger partial charge in [-0.2, -0.15) is 5.10 Å². The van der Waals surface area contributed by atoms with Crippen molar-refractivity contribution in [3.05, 3.63) is 48.3 Å². The number of benzene rings is 1. The Bertz CT molecular complexity index is 476. The van der Waals surface area contributed by atoms with Crippen LogP contribution < -0.4 is 11.1 Å². The van der Waals surface area contributed by atoms with Crippen LogP contribution in [0.5, 0.6) is 0 Å². The first kappa shape index (κ1) is 11.2. The molecule has 0 fully saturated rings. The molecule has 1 aromatic heterocycles. The molecule has 0 aliphatic carbocycles. The number of anilines is 1. The van der Waals surface area contributed by atoms with E-state index in [1.54, 1.807) is 35.1 Å². The summed E-state index contributed by atoms with van der Waals surface area (Å²) in [7, 11) is 0. The van der Waals surface area contributed by atoms with E-state index in [9.17, 15) is 4.79 Å². The molecular weight excluding hydrogens is 216 g/mol. The Morgan fingerprint density at radius 2 is 2.12 bits per heavy atom. The molecule has 5 nitrogen and oxygen atoms in total. The van der Waals surface area contributed by atoms with Crippen LogP contribution in [0.2, 0.25) is 0 Å². The quantitative estimate of drug-likeness (QED) is 0.766. The Morgan fingerprint density at radius 1 is 1.35 bits per heavy atom. The van der Waals surface area contributed by atoms with E-state index >= 15 is 0 Å². The van der Waals surface area contributed by atoms with Crippen LogP contribution in [0.25, 0.3) is 0 Å². The Labute approximate surface area is 99.2 Å². The molecule has 1 amide bonds. The minimum Gasteiger partial charge on any atom is -0.399 e. The molecule has 3 N–H and O–H groups in total. The summed E-state index contributed by atoms with van der Waals surface area (Å²) in [5.74, 6) is -0.0999. The van der Waals surface area contributed by atoms with Crippen molar-refractivity contribution in [3.8, 4) is 0 Å². The van der Waals surface area contributed by atoms with Gasteiger partial charge in [0.1, 0.15) is 0 Å². The second-order valence-electron chi connectivity index (χ2n) is 3.65. The van der Waals surface area contributed by atoms with E-state index in [2.05, 4.69) is 10.4 Å². The van der Waals surface area contributed by atoms with Crippen molar-refractivity contribution in [2.45, 2.75) is 6.54 Å². The fraction of sp³-hybridized carbons (Fsp3) is 0.167. The minimum absolute atomic E-state index is 0.0999. The standard InChI is InChI=1S/C12H14N4O/c13-11-4-2-10(3-5-11)12(17)14-7-9-16-8-1-6-15-16/h1-6,8H,7,9,13H2,(H,14,17). The third-order valence-corrected chi connectivity index (χ3v) is 2.36. The van der Waals surface area contributed by atoms with Crippen molar-refractivity contribution in [1.29, 1.82) is 0 Å². The Hall–Kier alpha value is -2.30. The van der Waals surface area contributed by atoms with Crippen LogP contribution in [-0.2, 0) is 6.54 Å². The lowest BCUT2D eigenvalue weighted by Crippen LogP contribution is -2.27. The van der Waals surface area contributed by atoms with Crippen LogP contribution >= 0.6 is 0 Å². The molecular formula is C12H14N4O. The molecule has 88 valence electrons. The van der Waals surface area contributed by atoms with Gasteiger partial charge in [0.2, 0.25) is 0 Å². The lowest BCUT2D eigenvalue weighted by atomic mass is 10.2. The number of nitrogens with zero attached hydrogens (tertiary/aromatic N) is 2. The highest BCUT2D eigenvalue weighted by molar-refractivity contribution is 5.94. The van der Waals surface area contributed by atoms with Crippen LogP contribution in [0.3, 0.4) is 0 Å². The minimum atomic E-state index is -0.0999. The SMILES string of the molecule is Nc1ccc(C(=O)NCCn2cccn2)cc1. The zero-order valence-corrected chi connectivity index (χ0v) is 9.34. The van der Waals surface area contributed by atoms with Crippen LogP contribution in [-0.4, -0.2) is 22.2 Å². The molecule has 0 bridgehead atoms. The molecule has 0 radical (unpaired) electrons. The summed E-state index contributed by atoms with van der Waals surface area (Å²) < 4.78 is 1.77. The summed E-state index contributed by atoms with van der Waals surface area (Å²) in [5.41, 5.74) is 6.81. The number of nitrogen functional groups attached to an aromatic ring is 1. The zero-order chi connectivity index (χ0) is 12.1. The second-order valence-corrected chi connectivity index (χ2v) is 3.65. The highest BCUT2D eigenvalue weighted by Gasteiger charge is 2.03. The fourth-order valence-electron chi connectivity index (χ4n) is 1.45. The number of rotatable bonds is 4. The van der Waals surface area contributed by atoms with E-state index in [1.165, 1.54) is 0 Å². The highest BCUT2D eigenvalue weighted by Crippen LogP contribution is 2.04. The number of hydrogen-bond donors (Lipinski definition) is 2. The first-order valence-electron chi connectivity index (χ1n) is 5.37. The molecule has 0 saturated carbocycles. The van der Waals surface area contributed by atoms with Crippen LogP contribution in [0.15, 0.2) is 42.7 Å². The molecule has 2 aromatic rings. The molecule has 2 rings (SSSR count). The first-order valence-corrected chi connectivity index (χ1v) is 5.37. The van der Waals surface area contributed by atoms with Crippen molar-refractivity contribution in [3.63, 3.8) is 0 Å². The third kappa shape index (κ3) is 3.07. The molecule has 1 heterocycles. The van der Waals surface area contributed by atoms with E-state index in [0.29, 0.717) is 24.3 Å². The van der Waals surface area contributed by atoms with Gasteiger partial charge in [0.15, 0.2) is 0 Å². The monoisotopic (exact) mass is 230 g/mol. The molecule has 5 heteroatoms. The molecule has 17 heavy (non-hydrogen) atoms. The molecule has 0 unspecified atom stereocenters. The highest BCUT2D eigenvalue weighted by atomic mass is 16.1. The van der Waals surface area contributed by atoms with Gasteiger partial charge in [-0.25, -0.2) is 0 Å². The Balaban J connectivity index is 1.83. The predicted molar refractivity (Wildman–Crippen MR) is 65.4 cm³/mol. The van der Waals surface area contributed by atoms with Crippen molar-refractivity contribution < 1.29 is 4.79 Å². The summed E-state index contributed by atoms with van der Waals surface area (Å²) >= 11 is 0. The maximum atomic E-state index is 11.7. The van der Waals surface area contributed by atoms with Gasteiger partial charge in [-0.3, -0.25) is 9.48 Å². The Kier molecular flexibility index (Phi) is 3.40. The van der Waals surface area contributed by atoms with E-state index in [-0.39, 0.29) is 5.91 Å². The number of aromatic nitrogens is 2. The number of hydrogen-bond acceptors (Lipinski definition) is 3. The van der Waals surface area contributed by atoms with Crippen LogP contribution in [0, 0.1) is 0 Å². The molecule has 0 atom stereocenters. The second kappa shape index (κ2) is 5.16. The summed E-state index contributed by atoms with van der Waals surface area (Å²) in [4.78, 5) is 11.7. The largest absolute Gasteiger partial charge is 0.399 e. The average molecular weight is 230 g/mol. The smallest absolute Gasteiger partial charge is 0.251 e. The van der Waals surface area contributed by atoms with Gasteiger partial charge < -0.3 is 11.1 Å². The molecule has 0 aliphatic heterocycles. The summed E-state index contributed by atoms with van der Waals surface area (Å²) in [6.45, 7) is 1.21. The van der Waals surface area contributed by atoms with Crippen LogP contribution in [0.1, 0.15) is 10.4 Å². The lowest BCUT2D eigenvalue weighted by molar-refractivity contribution is 0.0952.